The molecule has 24 heavy (non-hydrogen) atoms. The minimum Gasteiger partial charge on any atom is -0.352 e. The lowest BCUT2D eigenvalue weighted by Gasteiger charge is -2.32. The number of likely N-dealkylation sites (tertiary alicyclic amines) is 1. The maximum absolute atomic E-state index is 12.7. The number of carbonyl (C=O) groups is 2. The summed E-state index contributed by atoms with van der Waals surface area (Å²) in [5.41, 5.74) is 1.15. The lowest BCUT2D eigenvalue weighted by molar-refractivity contribution is 0.0674. The third kappa shape index (κ3) is 5.49. The number of carbonyl (C=O) groups excluding carboxylic acids is 2. The third-order valence-corrected chi connectivity index (χ3v) is 4.21. The number of benzene rings is 1. The molecule has 1 saturated heterocycles. The molecule has 0 bridgehead atoms. The normalized spacial score (nSPS) is 17.1. The Bertz CT molecular complexity index is 549. The van der Waals surface area contributed by atoms with Gasteiger partial charge in [-0.2, -0.15) is 0 Å². The van der Waals surface area contributed by atoms with Crippen molar-refractivity contribution in [3.05, 3.63) is 35.4 Å². The van der Waals surface area contributed by atoms with Crippen molar-refractivity contribution in [1.29, 1.82) is 0 Å². The molecule has 5 nitrogen and oxygen atoms in total. The average Bonchev–Trinajstić information content (AvgIpc) is 2.59. The molecule has 1 fully saturated rings. The van der Waals surface area contributed by atoms with Crippen LogP contribution < -0.4 is 10.6 Å². The van der Waals surface area contributed by atoms with Crippen LogP contribution >= 0.6 is 12.4 Å². The van der Waals surface area contributed by atoms with Crippen LogP contribution in [-0.2, 0) is 0 Å². The summed E-state index contributed by atoms with van der Waals surface area (Å²) in [7, 11) is 1.94. The molecule has 0 spiro atoms. The molecule has 1 aromatic carbocycles. The Kier molecular flexibility index (Phi) is 8.79. The van der Waals surface area contributed by atoms with Gasteiger partial charge in [0.2, 0.25) is 0 Å². The number of hydrogen-bond acceptors (Lipinski definition) is 3. The molecule has 134 valence electrons. The predicted molar refractivity (Wildman–Crippen MR) is 98.9 cm³/mol. The number of amides is 2. The van der Waals surface area contributed by atoms with Crippen LogP contribution in [0, 0.1) is 5.92 Å². The van der Waals surface area contributed by atoms with Gasteiger partial charge in [0.15, 0.2) is 0 Å². The van der Waals surface area contributed by atoms with E-state index < -0.39 is 0 Å². The largest absolute Gasteiger partial charge is 0.352 e. The first-order chi connectivity index (χ1) is 11.2. The van der Waals surface area contributed by atoms with E-state index in [-0.39, 0.29) is 24.2 Å². The lowest BCUT2D eigenvalue weighted by atomic mass is 9.97. The standard InChI is InChI=1S/C18H27N3O2.ClH/c1-3-9-20-17(22)15-7-4-8-16(11-15)18(23)21-10-5-6-14(13-21)12-19-2;/h4,7-8,11,14,19H,3,5-6,9-10,12-13H2,1-2H3,(H,20,22);1H. The number of nitrogens with one attached hydrogen (secondary N) is 2. The van der Waals surface area contributed by atoms with Crippen molar-refractivity contribution in [3.63, 3.8) is 0 Å². The Balaban J connectivity index is 0.00000288. The highest BCUT2D eigenvalue weighted by atomic mass is 35.5. The number of rotatable bonds is 6. The minimum absolute atomic E-state index is 0. The van der Waals surface area contributed by atoms with Gasteiger partial charge in [-0.05, 0) is 57.0 Å². The van der Waals surface area contributed by atoms with Crippen molar-refractivity contribution in [1.82, 2.24) is 15.5 Å². The Morgan fingerprint density at radius 2 is 2.04 bits per heavy atom. The Morgan fingerprint density at radius 1 is 1.29 bits per heavy atom. The fourth-order valence-corrected chi connectivity index (χ4v) is 3.02. The summed E-state index contributed by atoms with van der Waals surface area (Å²) in [6.07, 6.45) is 3.09. The van der Waals surface area contributed by atoms with E-state index in [2.05, 4.69) is 10.6 Å². The lowest BCUT2D eigenvalue weighted by Crippen LogP contribution is -2.42. The second-order valence-corrected chi connectivity index (χ2v) is 6.15. The van der Waals surface area contributed by atoms with Gasteiger partial charge in [0.05, 0.1) is 0 Å². The first kappa shape index (κ1) is 20.5. The molecule has 0 saturated carbocycles. The van der Waals surface area contributed by atoms with Gasteiger partial charge >= 0.3 is 0 Å². The van der Waals surface area contributed by atoms with E-state index >= 15 is 0 Å². The summed E-state index contributed by atoms with van der Waals surface area (Å²) in [6.45, 7) is 5.17. The van der Waals surface area contributed by atoms with Gasteiger partial charge in [-0.3, -0.25) is 9.59 Å². The fourth-order valence-electron chi connectivity index (χ4n) is 3.02. The molecule has 1 aliphatic rings. The molecule has 0 radical (unpaired) electrons. The van der Waals surface area contributed by atoms with Crippen molar-refractivity contribution in [2.45, 2.75) is 26.2 Å². The molecule has 1 aromatic rings. The topological polar surface area (TPSA) is 61.4 Å². The van der Waals surface area contributed by atoms with Gasteiger partial charge < -0.3 is 15.5 Å². The highest BCUT2D eigenvalue weighted by molar-refractivity contribution is 5.99. The summed E-state index contributed by atoms with van der Waals surface area (Å²) >= 11 is 0. The molecule has 1 atom stereocenters. The van der Waals surface area contributed by atoms with E-state index in [1.807, 2.05) is 18.9 Å². The molecular weight excluding hydrogens is 326 g/mol. The van der Waals surface area contributed by atoms with Crippen LogP contribution in [-0.4, -0.2) is 49.9 Å². The zero-order valence-electron chi connectivity index (χ0n) is 14.5. The van der Waals surface area contributed by atoms with Crippen LogP contribution in [0.3, 0.4) is 0 Å². The average molecular weight is 354 g/mol. The van der Waals surface area contributed by atoms with Crippen molar-refractivity contribution >= 4 is 24.2 Å². The Hall–Kier alpha value is -1.59. The molecule has 1 heterocycles. The molecule has 6 heteroatoms. The van der Waals surface area contributed by atoms with Crippen LogP contribution in [0.1, 0.15) is 46.9 Å². The molecule has 1 aliphatic heterocycles. The second-order valence-electron chi connectivity index (χ2n) is 6.15. The predicted octanol–water partition coefficient (Wildman–Crippen LogP) is 2.32. The number of nitrogens with zero attached hydrogens (tertiary/aromatic N) is 1. The van der Waals surface area contributed by atoms with Gasteiger partial charge in [-0.15, -0.1) is 12.4 Å². The number of halogens is 1. The Morgan fingerprint density at radius 3 is 2.75 bits per heavy atom. The molecule has 1 unspecified atom stereocenters. The van der Waals surface area contributed by atoms with Gasteiger partial charge in [0, 0.05) is 30.8 Å². The van der Waals surface area contributed by atoms with Crippen LogP contribution in [0.4, 0.5) is 0 Å². The Labute approximate surface area is 150 Å². The van der Waals surface area contributed by atoms with E-state index in [0.29, 0.717) is 23.6 Å². The summed E-state index contributed by atoms with van der Waals surface area (Å²) in [5.74, 6) is 0.415. The van der Waals surface area contributed by atoms with Gasteiger partial charge in [-0.1, -0.05) is 13.0 Å². The minimum atomic E-state index is -0.117. The van der Waals surface area contributed by atoms with E-state index in [0.717, 1.165) is 38.9 Å². The SMILES string of the molecule is CCCNC(=O)c1cccc(C(=O)N2CCCC(CNC)C2)c1.Cl. The van der Waals surface area contributed by atoms with Crippen LogP contribution in [0.5, 0.6) is 0 Å². The summed E-state index contributed by atoms with van der Waals surface area (Å²) in [5, 5.41) is 6.04. The molecular formula is C18H28ClN3O2. The summed E-state index contributed by atoms with van der Waals surface area (Å²) in [6, 6.07) is 7.03. The first-order valence-electron chi connectivity index (χ1n) is 8.47. The molecule has 0 aliphatic carbocycles. The number of hydrogen-bond donors (Lipinski definition) is 2. The van der Waals surface area contributed by atoms with E-state index in [9.17, 15) is 9.59 Å². The second kappa shape index (κ2) is 10.3. The fraction of sp³-hybridized carbons (Fsp3) is 0.556. The molecule has 2 amide bonds. The maximum Gasteiger partial charge on any atom is 0.253 e. The van der Waals surface area contributed by atoms with E-state index in [1.54, 1.807) is 24.3 Å². The van der Waals surface area contributed by atoms with Crippen molar-refractivity contribution < 1.29 is 9.59 Å². The number of piperidine rings is 1. The third-order valence-electron chi connectivity index (χ3n) is 4.21. The highest BCUT2D eigenvalue weighted by Crippen LogP contribution is 2.18. The molecule has 0 aromatic heterocycles. The van der Waals surface area contributed by atoms with Crippen molar-refractivity contribution in [3.8, 4) is 0 Å². The highest BCUT2D eigenvalue weighted by Gasteiger charge is 2.24. The van der Waals surface area contributed by atoms with Crippen molar-refractivity contribution in [2.24, 2.45) is 5.92 Å². The van der Waals surface area contributed by atoms with Crippen LogP contribution in [0.2, 0.25) is 0 Å². The molecule has 2 N–H and O–H groups in total. The maximum atomic E-state index is 12.7. The quantitative estimate of drug-likeness (QED) is 0.825. The smallest absolute Gasteiger partial charge is 0.253 e. The summed E-state index contributed by atoms with van der Waals surface area (Å²) in [4.78, 5) is 26.7. The van der Waals surface area contributed by atoms with Crippen LogP contribution in [0.25, 0.3) is 0 Å². The zero-order valence-corrected chi connectivity index (χ0v) is 15.3. The molecule has 2 rings (SSSR count). The summed E-state index contributed by atoms with van der Waals surface area (Å²) < 4.78 is 0. The van der Waals surface area contributed by atoms with E-state index in [4.69, 9.17) is 0 Å². The van der Waals surface area contributed by atoms with E-state index in [1.165, 1.54) is 0 Å². The van der Waals surface area contributed by atoms with Crippen molar-refractivity contribution in [2.75, 3.05) is 33.2 Å². The monoisotopic (exact) mass is 353 g/mol. The zero-order chi connectivity index (χ0) is 16.7. The van der Waals surface area contributed by atoms with Crippen LogP contribution in [0.15, 0.2) is 24.3 Å². The van der Waals surface area contributed by atoms with Gasteiger partial charge in [-0.25, -0.2) is 0 Å². The van der Waals surface area contributed by atoms with Gasteiger partial charge in [0.1, 0.15) is 0 Å². The van der Waals surface area contributed by atoms with Gasteiger partial charge in [0.25, 0.3) is 11.8 Å². The first-order valence-corrected chi connectivity index (χ1v) is 8.47.